The van der Waals surface area contributed by atoms with Gasteiger partial charge in [-0.25, -0.2) is 8.42 Å². The number of hydrogen-bond donors (Lipinski definition) is 0. The van der Waals surface area contributed by atoms with Crippen molar-refractivity contribution in [2.75, 3.05) is 31.9 Å². The quantitative estimate of drug-likeness (QED) is 0.845. The van der Waals surface area contributed by atoms with Crippen LogP contribution in [0.1, 0.15) is 40.4 Å². The van der Waals surface area contributed by atoms with Gasteiger partial charge in [0.1, 0.15) is 0 Å². The van der Waals surface area contributed by atoms with Gasteiger partial charge in [0.15, 0.2) is 0 Å². The molecule has 23 heavy (non-hydrogen) atoms. The largest absolute Gasteiger partial charge is 0.336 e. The van der Waals surface area contributed by atoms with Crippen molar-refractivity contribution in [3.63, 3.8) is 0 Å². The lowest BCUT2D eigenvalue weighted by Gasteiger charge is -2.34. The van der Waals surface area contributed by atoms with Gasteiger partial charge >= 0.3 is 0 Å². The Morgan fingerprint density at radius 3 is 2.04 bits per heavy atom. The smallest absolute Gasteiger partial charge is 0.254 e. The second-order valence-corrected chi connectivity index (χ2v) is 8.37. The Hall–Kier alpha value is -1.40. The number of aryl methyl sites for hydroxylation is 3. The van der Waals surface area contributed by atoms with Crippen molar-refractivity contribution in [1.82, 2.24) is 9.21 Å². The molecule has 2 rings (SSSR count). The van der Waals surface area contributed by atoms with Crippen LogP contribution in [0.2, 0.25) is 0 Å². The van der Waals surface area contributed by atoms with Crippen LogP contribution < -0.4 is 0 Å². The summed E-state index contributed by atoms with van der Waals surface area (Å²) in [6, 6.07) is 4.03. The van der Waals surface area contributed by atoms with E-state index in [1.165, 1.54) is 4.31 Å². The molecular formula is C17H26N2O3S. The van der Waals surface area contributed by atoms with Gasteiger partial charge in [-0.2, -0.15) is 4.31 Å². The van der Waals surface area contributed by atoms with Crippen LogP contribution in [0.15, 0.2) is 12.1 Å². The Kier molecular flexibility index (Phi) is 5.47. The molecule has 1 aromatic rings. The van der Waals surface area contributed by atoms with Gasteiger partial charge in [-0.1, -0.05) is 24.6 Å². The molecule has 5 nitrogen and oxygen atoms in total. The van der Waals surface area contributed by atoms with Crippen molar-refractivity contribution < 1.29 is 13.2 Å². The Balaban J connectivity index is 2.10. The monoisotopic (exact) mass is 338 g/mol. The summed E-state index contributed by atoms with van der Waals surface area (Å²) in [7, 11) is -3.17. The van der Waals surface area contributed by atoms with Gasteiger partial charge < -0.3 is 4.90 Å². The van der Waals surface area contributed by atoms with E-state index in [0.29, 0.717) is 32.6 Å². The number of benzene rings is 1. The van der Waals surface area contributed by atoms with Crippen LogP contribution in [0, 0.1) is 20.8 Å². The van der Waals surface area contributed by atoms with E-state index >= 15 is 0 Å². The van der Waals surface area contributed by atoms with Crippen molar-refractivity contribution in [3.05, 3.63) is 34.4 Å². The zero-order valence-electron chi connectivity index (χ0n) is 14.4. The second-order valence-electron chi connectivity index (χ2n) is 6.28. The molecule has 0 spiro atoms. The van der Waals surface area contributed by atoms with Crippen LogP contribution in [0.25, 0.3) is 0 Å². The van der Waals surface area contributed by atoms with Crippen LogP contribution in [0.5, 0.6) is 0 Å². The first-order valence-corrected chi connectivity index (χ1v) is 9.72. The summed E-state index contributed by atoms with van der Waals surface area (Å²) in [5.74, 6) is 0.185. The zero-order valence-corrected chi connectivity index (χ0v) is 15.2. The van der Waals surface area contributed by atoms with Crippen molar-refractivity contribution in [2.45, 2.75) is 34.1 Å². The van der Waals surface area contributed by atoms with E-state index in [1.54, 1.807) is 4.90 Å². The number of sulfonamides is 1. The topological polar surface area (TPSA) is 57.7 Å². The summed E-state index contributed by atoms with van der Waals surface area (Å²) >= 11 is 0. The lowest BCUT2D eigenvalue weighted by atomic mass is 9.98. The summed E-state index contributed by atoms with van der Waals surface area (Å²) in [4.78, 5) is 14.6. The predicted octanol–water partition coefficient (Wildman–Crippen LogP) is 2.11. The molecule has 0 bridgehead atoms. The van der Waals surface area contributed by atoms with Gasteiger partial charge in [-0.3, -0.25) is 4.79 Å². The van der Waals surface area contributed by atoms with Crippen molar-refractivity contribution in [1.29, 1.82) is 0 Å². The molecule has 0 N–H and O–H groups in total. The Labute approximate surface area is 139 Å². The van der Waals surface area contributed by atoms with Crippen LogP contribution in [0.4, 0.5) is 0 Å². The maximum absolute atomic E-state index is 12.8. The fourth-order valence-electron chi connectivity index (χ4n) is 3.23. The molecule has 0 atom stereocenters. The number of piperazine rings is 1. The molecule has 1 aromatic carbocycles. The molecule has 1 aliphatic heterocycles. The van der Waals surface area contributed by atoms with Gasteiger partial charge in [0.2, 0.25) is 10.0 Å². The number of carbonyl (C=O) groups is 1. The van der Waals surface area contributed by atoms with Crippen LogP contribution in [0.3, 0.4) is 0 Å². The van der Waals surface area contributed by atoms with Gasteiger partial charge in [-0.15, -0.1) is 0 Å². The minimum Gasteiger partial charge on any atom is -0.336 e. The third kappa shape index (κ3) is 3.93. The minimum atomic E-state index is -3.17. The standard InChI is InChI=1S/C17H26N2O3S/c1-5-10-23(21,22)19-8-6-18(7-9-19)17(20)16-14(3)11-13(2)12-15(16)4/h11-12H,5-10H2,1-4H3. The summed E-state index contributed by atoms with van der Waals surface area (Å²) < 4.78 is 25.7. The lowest BCUT2D eigenvalue weighted by molar-refractivity contribution is 0.0696. The summed E-state index contributed by atoms with van der Waals surface area (Å²) in [6.45, 7) is 9.47. The van der Waals surface area contributed by atoms with E-state index < -0.39 is 10.0 Å². The van der Waals surface area contributed by atoms with Gasteiger partial charge in [0, 0.05) is 31.7 Å². The fourth-order valence-corrected chi connectivity index (χ4v) is 4.73. The van der Waals surface area contributed by atoms with E-state index in [2.05, 4.69) is 0 Å². The molecule has 0 aliphatic carbocycles. The molecule has 0 aromatic heterocycles. The number of carbonyl (C=O) groups excluding carboxylic acids is 1. The van der Waals surface area contributed by atoms with E-state index in [0.717, 1.165) is 22.3 Å². The highest BCUT2D eigenvalue weighted by atomic mass is 32.2. The molecule has 1 amide bonds. The molecule has 1 heterocycles. The number of rotatable bonds is 4. The molecule has 6 heteroatoms. The lowest BCUT2D eigenvalue weighted by Crippen LogP contribution is -2.51. The van der Waals surface area contributed by atoms with Crippen molar-refractivity contribution in [2.24, 2.45) is 0 Å². The average molecular weight is 338 g/mol. The van der Waals surface area contributed by atoms with Gasteiger partial charge in [0.05, 0.1) is 5.75 Å². The number of nitrogens with zero attached hydrogens (tertiary/aromatic N) is 2. The van der Waals surface area contributed by atoms with E-state index in [1.807, 2.05) is 39.8 Å². The molecule has 0 radical (unpaired) electrons. The first kappa shape index (κ1) is 17.9. The molecule has 128 valence electrons. The normalized spacial score (nSPS) is 16.6. The van der Waals surface area contributed by atoms with Gasteiger partial charge in [-0.05, 0) is 38.3 Å². The van der Waals surface area contributed by atoms with Crippen LogP contribution in [-0.4, -0.2) is 55.5 Å². The van der Waals surface area contributed by atoms with Crippen molar-refractivity contribution in [3.8, 4) is 0 Å². The number of hydrogen-bond acceptors (Lipinski definition) is 3. The Bertz CT molecular complexity index is 667. The van der Waals surface area contributed by atoms with E-state index in [4.69, 9.17) is 0 Å². The molecule has 1 fully saturated rings. The van der Waals surface area contributed by atoms with Crippen molar-refractivity contribution >= 4 is 15.9 Å². The SMILES string of the molecule is CCCS(=O)(=O)N1CCN(C(=O)c2c(C)cc(C)cc2C)CC1. The highest BCUT2D eigenvalue weighted by Gasteiger charge is 2.29. The number of amides is 1. The summed E-state index contributed by atoms with van der Waals surface area (Å²) in [5.41, 5.74) is 3.86. The molecule has 0 saturated carbocycles. The van der Waals surface area contributed by atoms with Gasteiger partial charge in [0.25, 0.3) is 5.91 Å². The first-order valence-electron chi connectivity index (χ1n) is 8.11. The molecule has 1 aliphatic rings. The summed E-state index contributed by atoms with van der Waals surface area (Å²) in [6.07, 6.45) is 0.614. The average Bonchev–Trinajstić information content (AvgIpc) is 2.46. The third-order valence-corrected chi connectivity index (χ3v) is 6.35. The zero-order chi connectivity index (χ0) is 17.2. The first-order chi connectivity index (χ1) is 10.8. The molecule has 0 unspecified atom stereocenters. The minimum absolute atomic E-state index is 0.00698. The maximum atomic E-state index is 12.8. The Morgan fingerprint density at radius 1 is 1.04 bits per heavy atom. The third-order valence-electron chi connectivity index (χ3n) is 4.27. The van der Waals surface area contributed by atoms with Crippen LogP contribution >= 0.6 is 0 Å². The maximum Gasteiger partial charge on any atom is 0.254 e. The predicted molar refractivity (Wildman–Crippen MR) is 92.2 cm³/mol. The van der Waals surface area contributed by atoms with E-state index in [-0.39, 0.29) is 11.7 Å². The van der Waals surface area contributed by atoms with E-state index in [9.17, 15) is 13.2 Å². The highest BCUT2D eigenvalue weighted by Crippen LogP contribution is 2.20. The molecular weight excluding hydrogens is 312 g/mol. The van der Waals surface area contributed by atoms with Crippen LogP contribution in [-0.2, 0) is 10.0 Å². The highest BCUT2D eigenvalue weighted by molar-refractivity contribution is 7.89. The second kappa shape index (κ2) is 7.01. The fraction of sp³-hybridized carbons (Fsp3) is 0.588. The molecule has 1 saturated heterocycles. The Morgan fingerprint density at radius 2 is 1.57 bits per heavy atom. The summed E-state index contributed by atoms with van der Waals surface area (Å²) in [5, 5.41) is 0.